The Labute approximate surface area is 97.6 Å². The summed E-state index contributed by atoms with van der Waals surface area (Å²) in [4.78, 5) is 26.2. The van der Waals surface area contributed by atoms with Crippen molar-refractivity contribution in [3.63, 3.8) is 0 Å². The zero-order valence-electron chi connectivity index (χ0n) is 10.9. The summed E-state index contributed by atoms with van der Waals surface area (Å²) in [7, 11) is 4.92. The lowest BCUT2D eigenvalue weighted by molar-refractivity contribution is -0.141. The zero-order valence-corrected chi connectivity index (χ0v) is 10.9. The highest BCUT2D eigenvalue weighted by molar-refractivity contribution is 5.89. The van der Waals surface area contributed by atoms with Gasteiger partial charge in [-0.15, -0.1) is 0 Å². The number of carbonyl (C=O) groups excluding carboxylic acids is 2. The van der Waals surface area contributed by atoms with Crippen LogP contribution in [0.25, 0.3) is 0 Å². The van der Waals surface area contributed by atoms with Crippen LogP contribution in [0.4, 0.5) is 0 Å². The molecule has 0 aliphatic carbocycles. The minimum Gasteiger partial charge on any atom is -0.347 e. The molecule has 0 aromatic heterocycles. The van der Waals surface area contributed by atoms with Gasteiger partial charge in [0, 0.05) is 21.1 Å². The van der Waals surface area contributed by atoms with Gasteiger partial charge in [0.25, 0.3) is 0 Å². The van der Waals surface area contributed by atoms with Gasteiger partial charge < -0.3 is 15.5 Å². The lowest BCUT2D eigenvalue weighted by Gasteiger charge is -2.29. The van der Waals surface area contributed by atoms with Gasteiger partial charge in [-0.05, 0) is 13.3 Å². The van der Waals surface area contributed by atoms with Gasteiger partial charge in [0.2, 0.25) is 11.8 Å². The second kappa shape index (κ2) is 5.84. The van der Waals surface area contributed by atoms with Crippen molar-refractivity contribution in [2.24, 2.45) is 5.73 Å². The number of nitrogens with zero attached hydrogens (tertiary/aromatic N) is 2. The van der Waals surface area contributed by atoms with Gasteiger partial charge in [-0.1, -0.05) is 13.3 Å². The first-order valence-electron chi connectivity index (χ1n) is 5.47. The predicted molar refractivity (Wildman–Crippen MR) is 63.8 cm³/mol. The van der Waals surface area contributed by atoms with Crippen molar-refractivity contribution >= 4 is 11.8 Å². The van der Waals surface area contributed by atoms with E-state index in [4.69, 9.17) is 5.73 Å². The van der Waals surface area contributed by atoms with Crippen LogP contribution in [0.15, 0.2) is 0 Å². The Morgan fingerprint density at radius 3 is 2.12 bits per heavy atom. The minimum absolute atomic E-state index is 0.0718. The molecule has 0 radical (unpaired) electrons. The van der Waals surface area contributed by atoms with Gasteiger partial charge in [-0.3, -0.25) is 9.59 Å². The largest absolute Gasteiger partial charge is 0.347 e. The molecule has 1 atom stereocenters. The molecule has 0 saturated heterocycles. The van der Waals surface area contributed by atoms with Crippen LogP contribution >= 0.6 is 0 Å². The number of likely N-dealkylation sites (N-methyl/N-ethyl adjacent to an activating group) is 2. The van der Waals surface area contributed by atoms with Crippen LogP contribution in [0.1, 0.15) is 26.7 Å². The number of carbonyl (C=O) groups is 2. The lowest BCUT2D eigenvalue weighted by atomic mass is 9.96. The van der Waals surface area contributed by atoms with Crippen molar-refractivity contribution in [1.82, 2.24) is 9.80 Å². The monoisotopic (exact) mass is 229 g/mol. The molecule has 1 unspecified atom stereocenters. The number of amides is 2. The van der Waals surface area contributed by atoms with E-state index in [1.54, 1.807) is 28.1 Å². The van der Waals surface area contributed by atoms with Crippen molar-refractivity contribution < 1.29 is 9.59 Å². The Bertz CT molecular complexity index is 262. The van der Waals surface area contributed by atoms with Crippen LogP contribution in [0.5, 0.6) is 0 Å². The summed E-state index contributed by atoms with van der Waals surface area (Å²) in [5, 5.41) is 0. The second-order valence-electron chi connectivity index (χ2n) is 4.62. The first-order chi connectivity index (χ1) is 7.22. The number of rotatable bonds is 5. The first kappa shape index (κ1) is 14.9. The summed E-state index contributed by atoms with van der Waals surface area (Å²) in [6.45, 7) is 3.75. The van der Waals surface area contributed by atoms with Crippen LogP contribution in [0, 0.1) is 0 Å². The van der Waals surface area contributed by atoms with Crippen molar-refractivity contribution in [2.45, 2.75) is 32.2 Å². The molecule has 5 heteroatoms. The SMILES string of the molecule is CCCC(C)(N)C(=O)N(C)CC(=O)N(C)C. The third kappa shape index (κ3) is 4.18. The molecular formula is C11H23N3O2. The number of hydrogen-bond donors (Lipinski definition) is 1. The highest BCUT2D eigenvalue weighted by Gasteiger charge is 2.30. The molecule has 0 spiro atoms. The van der Waals surface area contributed by atoms with E-state index in [1.165, 1.54) is 9.80 Å². The molecule has 0 aliphatic rings. The topological polar surface area (TPSA) is 66.6 Å². The maximum absolute atomic E-state index is 11.9. The molecular weight excluding hydrogens is 206 g/mol. The number of hydrogen-bond acceptors (Lipinski definition) is 3. The molecule has 0 fully saturated rings. The summed E-state index contributed by atoms with van der Waals surface area (Å²) in [6, 6.07) is 0. The van der Waals surface area contributed by atoms with Crippen LogP contribution < -0.4 is 5.73 Å². The maximum atomic E-state index is 11.9. The first-order valence-corrected chi connectivity index (χ1v) is 5.47. The molecule has 0 bridgehead atoms. The molecule has 5 nitrogen and oxygen atoms in total. The van der Waals surface area contributed by atoms with Gasteiger partial charge in [-0.2, -0.15) is 0 Å². The zero-order chi connectivity index (χ0) is 12.9. The van der Waals surface area contributed by atoms with E-state index >= 15 is 0 Å². The van der Waals surface area contributed by atoms with E-state index in [2.05, 4.69) is 0 Å². The Kier molecular flexibility index (Phi) is 5.44. The van der Waals surface area contributed by atoms with E-state index in [1.807, 2.05) is 6.92 Å². The van der Waals surface area contributed by atoms with E-state index in [9.17, 15) is 9.59 Å². The molecule has 0 heterocycles. The fourth-order valence-electron chi connectivity index (χ4n) is 1.48. The molecule has 0 saturated carbocycles. The summed E-state index contributed by atoms with van der Waals surface area (Å²) in [5.74, 6) is -0.298. The normalized spacial score (nSPS) is 14.1. The number of nitrogens with two attached hydrogens (primary N) is 1. The smallest absolute Gasteiger partial charge is 0.242 e. The van der Waals surface area contributed by atoms with Crippen LogP contribution in [0.3, 0.4) is 0 Å². The molecule has 0 aliphatic heterocycles. The summed E-state index contributed by atoms with van der Waals surface area (Å²) < 4.78 is 0. The highest BCUT2D eigenvalue weighted by atomic mass is 16.2. The Morgan fingerprint density at radius 2 is 1.75 bits per heavy atom. The summed E-state index contributed by atoms with van der Waals surface area (Å²) in [6.07, 6.45) is 1.46. The van der Waals surface area contributed by atoms with Crippen molar-refractivity contribution in [3.05, 3.63) is 0 Å². The summed E-state index contributed by atoms with van der Waals surface area (Å²) in [5.41, 5.74) is 5.03. The Balaban J connectivity index is 4.44. The minimum atomic E-state index is -0.879. The van der Waals surface area contributed by atoms with E-state index in [-0.39, 0.29) is 18.4 Å². The van der Waals surface area contributed by atoms with E-state index in [0.29, 0.717) is 6.42 Å². The van der Waals surface area contributed by atoms with Crippen LogP contribution in [0.2, 0.25) is 0 Å². The molecule has 2 amide bonds. The Hall–Kier alpha value is -1.10. The third-order valence-corrected chi connectivity index (χ3v) is 2.48. The summed E-state index contributed by atoms with van der Waals surface area (Å²) >= 11 is 0. The fourth-order valence-corrected chi connectivity index (χ4v) is 1.48. The van der Waals surface area contributed by atoms with Crippen LogP contribution in [-0.2, 0) is 9.59 Å². The van der Waals surface area contributed by atoms with Gasteiger partial charge in [-0.25, -0.2) is 0 Å². The molecule has 0 rings (SSSR count). The van der Waals surface area contributed by atoms with Gasteiger partial charge in [0.15, 0.2) is 0 Å². The second-order valence-corrected chi connectivity index (χ2v) is 4.62. The van der Waals surface area contributed by atoms with Crippen molar-refractivity contribution in [3.8, 4) is 0 Å². The van der Waals surface area contributed by atoms with Crippen molar-refractivity contribution in [2.75, 3.05) is 27.7 Å². The lowest BCUT2D eigenvalue weighted by Crippen LogP contribution is -2.53. The average molecular weight is 229 g/mol. The van der Waals surface area contributed by atoms with Crippen molar-refractivity contribution in [1.29, 1.82) is 0 Å². The molecule has 0 aromatic rings. The van der Waals surface area contributed by atoms with E-state index < -0.39 is 5.54 Å². The molecule has 16 heavy (non-hydrogen) atoms. The highest BCUT2D eigenvalue weighted by Crippen LogP contribution is 2.11. The standard InChI is InChI=1S/C11H23N3O2/c1-6-7-11(2,12)10(16)14(5)8-9(15)13(3)4/h6-8,12H2,1-5H3. The average Bonchev–Trinajstić information content (AvgIpc) is 2.16. The van der Waals surface area contributed by atoms with Gasteiger partial charge in [0.05, 0.1) is 12.1 Å². The molecule has 2 N–H and O–H groups in total. The van der Waals surface area contributed by atoms with E-state index in [0.717, 1.165) is 6.42 Å². The quantitative estimate of drug-likeness (QED) is 0.724. The molecule has 94 valence electrons. The van der Waals surface area contributed by atoms with Gasteiger partial charge in [0.1, 0.15) is 0 Å². The Morgan fingerprint density at radius 1 is 1.25 bits per heavy atom. The third-order valence-electron chi connectivity index (χ3n) is 2.48. The fraction of sp³-hybridized carbons (Fsp3) is 0.818. The van der Waals surface area contributed by atoms with Crippen LogP contribution in [-0.4, -0.2) is 54.8 Å². The van der Waals surface area contributed by atoms with Gasteiger partial charge >= 0.3 is 0 Å². The predicted octanol–water partition coefficient (Wildman–Crippen LogP) is 0.0505. The maximum Gasteiger partial charge on any atom is 0.242 e. The molecule has 0 aromatic carbocycles.